The van der Waals surface area contributed by atoms with Crippen LogP contribution in [0.2, 0.25) is 0 Å². The Morgan fingerprint density at radius 3 is 2.65 bits per heavy atom. The van der Waals surface area contributed by atoms with Crippen LogP contribution < -0.4 is 0 Å². The zero-order valence-electron chi connectivity index (χ0n) is 15.2. The molecule has 0 amide bonds. The summed E-state index contributed by atoms with van der Waals surface area (Å²) in [5.74, 6) is 0.656. The Kier molecular flexibility index (Phi) is 4.63. The molecule has 1 aliphatic rings. The molecule has 1 aromatic carbocycles. The van der Waals surface area contributed by atoms with Gasteiger partial charge in [-0.05, 0) is 37.7 Å². The molecule has 2 heteroatoms. The number of hydrogen-bond acceptors (Lipinski definition) is 0. The number of aryl methyl sites for hydroxylation is 1. The molecule has 0 saturated heterocycles. The van der Waals surface area contributed by atoms with Crippen LogP contribution in [0.3, 0.4) is 0 Å². The van der Waals surface area contributed by atoms with Crippen LogP contribution in [0.25, 0.3) is 17.0 Å². The van der Waals surface area contributed by atoms with Gasteiger partial charge in [-0.1, -0.05) is 37.3 Å². The third-order valence-corrected chi connectivity index (χ3v) is 4.94. The number of quaternary nitrogens is 1. The summed E-state index contributed by atoms with van der Waals surface area (Å²) in [6.07, 6.45) is 9.81. The Morgan fingerprint density at radius 1 is 1.09 bits per heavy atom. The average molecular weight is 311 g/mol. The fourth-order valence-electron chi connectivity index (χ4n) is 3.71. The van der Waals surface area contributed by atoms with E-state index in [1.165, 1.54) is 48.7 Å². The summed E-state index contributed by atoms with van der Waals surface area (Å²) in [6, 6.07) is 8.91. The lowest BCUT2D eigenvalue weighted by molar-refractivity contribution is -0.870. The molecule has 0 spiro atoms. The van der Waals surface area contributed by atoms with E-state index in [2.05, 4.69) is 69.1 Å². The molecule has 0 bridgehead atoms. The van der Waals surface area contributed by atoms with E-state index in [4.69, 9.17) is 0 Å². The number of benzene rings is 1. The van der Waals surface area contributed by atoms with E-state index in [-0.39, 0.29) is 0 Å². The molecule has 1 aromatic heterocycles. The molecular weight excluding hydrogens is 280 g/mol. The van der Waals surface area contributed by atoms with Crippen molar-refractivity contribution in [1.82, 2.24) is 4.57 Å². The standard InChI is InChI=1S/C21H31N2/c1-17-12-13-19-18-10-6-7-11-20(18)22(21(19)16-17)14-8-5-9-15-23(2,3)4/h6-7,10-13,17H,5,8-9,14-16H2,1-4H3/q+1. The van der Waals surface area contributed by atoms with Crippen LogP contribution in [-0.2, 0) is 13.0 Å². The SMILES string of the molecule is CC1C=Cc2c(n(CCCCC[N+](C)(C)C)c3ccccc23)C1. The molecule has 1 unspecified atom stereocenters. The first-order valence-corrected chi connectivity index (χ1v) is 9.04. The smallest absolute Gasteiger partial charge is 0.0780 e. The second kappa shape index (κ2) is 6.52. The number of para-hydroxylation sites is 1. The first-order chi connectivity index (χ1) is 11.0. The quantitative estimate of drug-likeness (QED) is 0.537. The van der Waals surface area contributed by atoms with E-state index >= 15 is 0 Å². The fourth-order valence-corrected chi connectivity index (χ4v) is 3.71. The monoisotopic (exact) mass is 311 g/mol. The number of nitrogens with zero attached hydrogens (tertiary/aromatic N) is 2. The van der Waals surface area contributed by atoms with Gasteiger partial charge >= 0.3 is 0 Å². The third-order valence-electron chi connectivity index (χ3n) is 4.94. The number of hydrogen-bond donors (Lipinski definition) is 0. The van der Waals surface area contributed by atoms with Gasteiger partial charge in [-0.15, -0.1) is 0 Å². The second-order valence-electron chi connectivity index (χ2n) is 8.14. The van der Waals surface area contributed by atoms with Gasteiger partial charge in [0.15, 0.2) is 0 Å². The van der Waals surface area contributed by atoms with Crippen LogP contribution in [0.15, 0.2) is 30.3 Å². The zero-order chi connectivity index (χ0) is 16.4. The molecule has 1 aliphatic carbocycles. The fraction of sp³-hybridized carbons (Fsp3) is 0.524. The van der Waals surface area contributed by atoms with E-state index in [1.54, 1.807) is 5.69 Å². The molecule has 2 aromatic rings. The lowest BCUT2D eigenvalue weighted by atomic mass is 9.95. The van der Waals surface area contributed by atoms with E-state index in [1.807, 2.05) is 0 Å². The molecule has 1 heterocycles. The number of allylic oxidation sites excluding steroid dienone is 1. The summed E-state index contributed by atoms with van der Waals surface area (Å²) >= 11 is 0. The van der Waals surface area contributed by atoms with Crippen molar-refractivity contribution in [3.63, 3.8) is 0 Å². The summed E-state index contributed by atoms with van der Waals surface area (Å²) < 4.78 is 3.67. The Bertz CT molecular complexity index is 700. The number of rotatable bonds is 6. The lowest BCUT2D eigenvalue weighted by Crippen LogP contribution is -2.35. The average Bonchev–Trinajstić information content (AvgIpc) is 2.79. The highest BCUT2D eigenvalue weighted by Crippen LogP contribution is 2.33. The molecule has 0 aliphatic heterocycles. The van der Waals surface area contributed by atoms with Crippen molar-refractivity contribution in [2.24, 2.45) is 5.92 Å². The predicted molar refractivity (Wildman–Crippen MR) is 101 cm³/mol. The highest BCUT2D eigenvalue weighted by Gasteiger charge is 2.19. The van der Waals surface area contributed by atoms with Crippen molar-refractivity contribution in [3.05, 3.63) is 41.6 Å². The summed E-state index contributed by atoms with van der Waals surface area (Å²) in [6.45, 7) is 4.75. The first-order valence-electron chi connectivity index (χ1n) is 9.04. The van der Waals surface area contributed by atoms with Crippen molar-refractivity contribution in [1.29, 1.82) is 0 Å². The minimum absolute atomic E-state index is 0.656. The van der Waals surface area contributed by atoms with Gasteiger partial charge in [0.1, 0.15) is 0 Å². The van der Waals surface area contributed by atoms with Crippen molar-refractivity contribution in [2.75, 3.05) is 27.7 Å². The molecular formula is C21H31N2+. The van der Waals surface area contributed by atoms with Crippen LogP contribution >= 0.6 is 0 Å². The second-order valence-corrected chi connectivity index (χ2v) is 8.14. The zero-order valence-corrected chi connectivity index (χ0v) is 15.2. The maximum absolute atomic E-state index is 2.59. The molecule has 0 saturated carbocycles. The number of unbranched alkanes of at least 4 members (excludes halogenated alkanes) is 2. The van der Waals surface area contributed by atoms with Crippen LogP contribution in [0.1, 0.15) is 37.4 Å². The topological polar surface area (TPSA) is 4.93 Å². The Morgan fingerprint density at radius 2 is 1.87 bits per heavy atom. The molecule has 0 fully saturated rings. The molecule has 3 rings (SSSR count). The van der Waals surface area contributed by atoms with Gasteiger partial charge < -0.3 is 9.05 Å². The van der Waals surface area contributed by atoms with Gasteiger partial charge in [-0.2, -0.15) is 0 Å². The van der Waals surface area contributed by atoms with Crippen LogP contribution in [0, 0.1) is 5.92 Å². The van der Waals surface area contributed by atoms with Crippen molar-refractivity contribution in [2.45, 2.75) is 39.2 Å². The Labute approximate surface area is 141 Å². The first kappa shape index (κ1) is 16.3. The molecule has 0 radical (unpaired) electrons. The summed E-state index contributed by atoms with van der Waals surface area (Å²) in [7, 11) is 6.84. The maximum atomic E-state index is 2.59. The normalized spacial score (nSPS) is 17.7. The molecule has 1 atom stereocenters. The maximum Gasteiger partial charge on any atom is 0.0780 e. The van der Waals surface area contributed by atoms with Gasteiger partial charge in [-0.3, -0.25) is 0 Å². The van der Waals surface area contributed by atoms with Gasteiger partial charge in [0, 0.05) is 28.7 Å². The molecule has 2 nitrogen and oxygen atoms in total. The molecule has 23 heavy (non-hydrogen) atoms. The van der Waals surface area contributed by atoms with Crippen LogP contribution in [0.5, 0.6) is 0 Å². The van der Waals surface area contributed by atoms with E-state index in [0.29, 0.717) is 5.92 Å². The number of fused-ring (bicyclic) bond motifs is 3. The Hall–Kier alpha value is -1.54. The Balaban J connectivity index is 1.76. The van der Waals surface area contributed by atoms with Crippen molar-refractivity contribution < 1.29 is 4.48 Å². The lowest BCUT2D eigenvalue weighted by Gasteiger charge is -2.23. The summed E-state index contributed by atoms with van der Waals surface area (Å²) in [5, 5.41) is 1.43. The predicted octanol–water partition coefficient (Wildman–Crippen LogP) is 4.72. The van der Waals surface area contributed by atoms with Crippen LogP contribution in [-0.4, -0.2) is 36.7 Å². The van der Waals surface area contributed by atoms with Gasteiger partial charge in [0.2, 0.25) is 0 Å². The minimum atomic E-state index is 0.656. The minimum Gasteiger partial charge on any atom is -0.344 e. The third kappa shape index (κ3) is 3.69. The van der Waals surface area contributed by atoms with Crippen molar-refractivity contribution >= 4 is 17.0 Å². The highest BCUT2D eigenvalue weighted by atomic mass is 15.3. The molecule has 0 N–H and O–H groups in total. The van der Waals surface area contributed by atoms with Crippen molar-refractivity contribution in [3.8, 4) is 0 Å². The van der Waals surface area contributed by atoms with E-state index in [0.717, 1.165) is 11.0 Å². The van der Waals surface area contributed by atoms with Gasteiger partial charge in [0.05, 0.1) is 27.7 Å². The highest BCUT2D eigenvalue weighted by molar-refractivity contribution is 5.91. The summed E-state index contributed by atoms with van der Waals surface area (Å²) in [4.78, 5) is 0. The largest absolute Gasteiger partial charge is 0.344 e. The summed E-state index contributed by atoms with van der Waals surface area (Å²) in [5.41, 5.74) is 4.43. The van der Waals surface area contributed by atoms with E-state index in [9.17, 15) is 0 Å². The van der Waals surface area contributed by atoms with Gasteiger partial charge in [-0.25, -0.2) is 0 Å². The van der Waals surface area contributed by atoms with Gasteiger partial charge in [0.25, 0.3) is 0 Å². The molecule has 124 valence electrons. The van der Waals surface area contributed by atoms with Crippen LogP contribution in [0.4, 0.5) is 0 Å². The number of aromatic nitrogens is 1. The van der Waals surface area contributed by atoms with E-state index < -0.39 is 0 Å².